The molecule has 4 nitrogen and oxygen atoms in total. The van der Waals surface area contributed by atoms with Gasteiger partial charge in [0.2, 0.25) is 0 Å². The van der Waals surface area contributed by atoms with Gasteiger partial charge in [0.15, 0.2) is 0 Å². The molecule has 2 rings (SSSR count). The van der Waals surface area contributed by atoms with Gasteiger partial charge < -0.3 is 4.74 Å². The van der Waals surface area contributed by atoms with Crippen LogP contribution in [0.2, 0.25) is 10.0 Å². The Labute approximate surface area is 149 Å². The third-order valence-electron chi connectivity index (χ3n) is 2.90. The predicted molar refractivity (Wildman–Crippen MR) is 95.4 cm³/mol. The zero-order valence-corrected chi connectivity index (χ0v) is 15.6. The van der Waals surface area contributed by atoms with Crippen LogP contribution in [-0.4, -0.2) is 16.4 Å². The van der Waals surface area contributed by atoms with E-state index in [0.717, 1.165) is 16.3 Å². The van der Waals surface area contributed by atoms with Gasteiger partial charge in [-0.1, -0.05) is 61.2 Å². The van der Waals surface area contributed by atoms with Gasteiger partial charge in [-0.3, -0.25) is 4.79 Å². The second-order valence-electron chi connectivity index (χ2n) is 5.78. The highest BCUT2D eigenvalue weighted by Gasteiger charge is 2.22. The summed E-state index contributed by atoms with van der Waals surface area (Å²) in [6.45, 7) is 7.92. The van der Waals surface area contributed by atoms with E-state index in [1.54, 1.807) is 13.0 Å². The normalized spacial score (nSPS) is 11.0. The van der Waals surface area contributed by atoms with Crippen molar-refractivity contribution in [1.82, 2.24) is 9.78 Å². The summed E-state index contributed by atoms with van der Waals surface area (Å²) in [7, 11) is 0. The molecule has 1 aromatic heterocycles. The Morgan fingerprint density at radius 1 is 1.30 bits per heavy atom. The van der Waals surface area contributed by atoms with E-state index in [-0.39, 0.29) is 16.9 Å². The third-order valence-corrected chi connectivity index (χ3v) is 4.73. The number of ether oxygens (including phenoxy) is 1. The molecule has 0 saturated heterocycles. The van der Waals surface area contributed by atoms with Crippen molar-refractivity contribution >= 4 is 34.5 Å². The van der Waals surface area contributed by atoms with Crippen molar-refractivity contribution in [2.75, 3.05) is 6.61 Å². The summed E-state index contributed by atoms with van der Waals surface area (Å²) in [6.07, 6.45) is 0. The van der Waals surface area contributed by atoms with Crippen molar-refractivity contribution in [1.29, 1.82) is 0 Å². The zero-order valence-electron chi connectivity index (χ0n) is 13.2. The van der Waals surface area contributed by atoms with Crippen LogP contribution in [0.5, 0.6) is 5.75 Å². The van der Waals surface area contributed by atoms with Crippen molar-refractivity contribution in [2.45, 2.75) is 33.1 Å². The monoisotopic (exact) mass is 370 g/mol. The van der Waals surface area contributed by atoms with Crippen LogP contribution in [0.4, 0.5) is 0 Å². The Balaban J connectivity index is 2.50. The fourth-order valence-electron chi connectivity index (χ4n) is 1.71. The van der Waals surface area contributed by atoms with Crippen LogP contribution in [-0.2, 0) is 5.41 Å². The lowest BCUT2D eigenvalue weighted by Gasteiger charge is -2.13. The second kappa shape index (κ2) is 6.96. The van der Waals surface area contributed by atoms with Crippen molar-refractivity contribution in [3.05, 3.63) is 36.9 Å². The fourth-order valence-corrected chi connectivity index (χ4v) is 3.05. The van der Waals surface area contributed by atoms with Gasteiger partial charge in [0, 0.05) is 11.5 Å². The van der Waals surface area contributed by atoms with Gasteiger partial charge in [-0.25, -0.2) is 0 Å². The standard InChI is InChI=1S/C16H16Cl2N2O2S/c1-5-6-7-22-13-9-12(10(17)8-11(13)18)20-15(21)23-14(19-20)16(2,3)4/h8-9H,7H2,1-4H3. The minimum atomic E-state index is -0.218. The van der Waals surface area contributed by atoms with E-state index in [2.05, 4.69) is 16.9 Å². The number of benzene rings is 1. The van der Waals surface area contributed by atoms with Gasteiger partial charge in [-0.2, -0.15) is 9.78 Å². The van der Waals surface area contributed by atoms with Crippen LogP contribution < -0.4 is 9.61 Å². The fraction of sp³-hybridized carbons (Fsp3) is 0.375. The number of rotatable bonds is 3. The molecule has 0 aliphatic rings. The molecule has 0 bridgehead atoms. The van der Waals surface area contributed by atoms with Crippen molar-refractivity contribution in [3.63, 3.8) is 0 Å². The summed E-state index contributed by atoms with van der Waals surface area (Å²) in [5.41, 5.74) is 0.219. The van der Waals surface area contributed by atoms with Gasteiger partial charge in [0.25, 0.3) is 0 Å². The number of aromatic nitrogens is 2. The topological polar surface area (TPSA) is 44.1 Å². The zero-order chi connectivity index (χ0) is 17.2. The summed E-state index contributed by atoms with van der Waals surface area (Å²) in [6, 6.07) is 3.14. The van der Waals surface area contributed by atoms with Crippen LogP contribution >= 0.6 is 34.5 Å². The largest absolute Gasteiger partial charge is 0.479 e. The van der Waals surface area contributed by atoms with Gasteiger partial charge >= 0.3 is 4.87 Å². The van der Waals surface area contributed by atoms with Crippen molar-refractivity contribution < 1.29 is 4.74 Å². The highest BCUT2D eigenvalue weighted by atomic mass is 35.5. The number of halogens is 2. The van der Waals surface area contributed by atoms with E-state index in [0.29, 0.717) is 21.5 Å². The Hall–Kier alpha value is -1.48. The molecule has 23 heavy (non-hydrogen) atoms. The molecule has 0 spiro atoms. The SMILES string of the molecule is CC#CCOc1cc(-n2nc(C(C)(C)C)sc2=O)c(Cl)cc1Cl. The van der Waals surface area contributed by atoms with Crippen LogP contribution in [0.3, 0.4) is 0 Å². The molecule has 0 atom stereocenters. The quantitative estimate of drug-likeness (QED) is 0.756. The van der Waals surface area contributed by atoms with Crippen LogP contribution in [0.15, 0.2) is 16.9 Å². The molecular formula is C16H16Cl2N2O2S. The molecule has 7 heteroatoms. The van der Waals surface area contributed by atoms with Crippen molar-refractivity contribution in [3.8, 4) is 23.3 Å². The van der Waals surface area contributed by atoms with Crippen LogP contribution in [0.25, 0.3) is 5.69 Å². The molecule has 0 radical (unpaired) electrons. The summed E-state index contributed by atoms with van der Waals surface area (Å²) in [5.74, 6) is 5.93. The number of hydrogen-bond acceptors (Lipinski definition) is 4. The lowest BCUT2D eigenvalue weighted by Crippen LogP contribution is -2.15. The molecule has 0 aliphatic carbocycles. The molecule has 2 aromatic rings. The molecule has 0 unspecified atom stereocenters. The molecule has 1 heterocycles. The maximum Gasteiger partial charge on any atom is 0.329 e. The minimum absolute atomic E-state index is 0.205. The molecule has 0 N–H and O–H groups in total. The first-order valence-electron chi connectivity index (χ1n) is 6.86. The summed E-state index contributed by atoms with van der Waals surface area (Å²) < 4.78 is 6.78. The first kappa shape index (κ1) is 17.9. The van der Waals surface area contributed by atoms with E-state index >= 15 is 0 Å². The number of nitrogens with zero attached hydrogens (tertiary/aromatic N) is 2. The van der Waals surface area contributed by atoms with Gasteiger partial charge in [-0.05, 0) is 13.0 Å². The van der Waals surface area contributed by atoms with E-state index in [4.69, 9.17) is 27.9 Å². The molecule has 0 saturated carbocycles. The maximum absolute atomic E-state index is 12.3. The summed E-state index contributed by atoms with van der Waals surface area (Å²) in [4.78, 5) is 12.1. The van der Waals surface area contributed by atoms with E-state index in [1.807, 2.05) is 20.8 Å². The lowest BCUT2D eigenvalue weighted by molar-refractivity contribution is 0.370. The lowest BCUT2D eigenvalue weighted by atomic mass is 9.98. The predicted octanol–water partition coefficient (Wildman–Crippen LogP) is 4.30. The third kappa shape index (κ3) is 4.08. The van der Waals surface area contributed by atoms with Gasteiger partial charge in [-0.15, -0.1) is 5.92 Å². The Morgan fingerprint density at radius 3 is 2.57 bits per heavy atom. The molecular weight excluding hydrogens is 355 g/mol. The summed E-state index contributed by atoms with van der Waals surface area (Å²) >= 11 is 13.5. The molecule has 0 amide bonds. The molecule has 1 aromatic carbocycles. The van der Waals surface area contributed by atoms with Crippen LogP contribution in [0, 0.1) is 11.8 Å². The van der Waals surface area contributed by atoms with Gasteiger partial charge in [0.1, 0.15) is 17.4 Å². The molecule has 122 valence electrons. The van der Waals surface area contributed by atoms with Gasteiger partial charge in [0.05, 0.1) is 15.7 Å². The van der Waals surface area contributed by atoms with E-state index in [1.165, 1.54) is 10.7 Å². The first-order valence-corrected chi connectivity index (χ1v) is 8.43. The maximum atomic E-state index is 12.3. The smallest absolute Gasteiger partial charge is 0.329 e. The van der Waals surface area contributed by atoms with Crippen molar-refractivity contribution in [2.24, 2.45) is 0 Å². The Morgan fingerprint density at radius 2 is 2.00 bits per heavy atom. The highest BCUT2D eigenvalue weighted by Crippen LogP contribution is 2.33. The Kier molecular flexibility index (Phi) is 5.41. The summed E-state index contributed by atoms with van der Waals surface area (Å²) in [5, 5.41) is 5.81. The molecule has 0 fully saturated rings. The average Bonchev–Trinajstić information content (AvgIpc) is 2.83. The number of hydrogen-bond donors (Lipinski definition) is 0. The highest BCUT2D eigenvalue weighted by molar-refractivity contribution is 7.09. The Bertz CT molecular complexity index is 838. The van der Waals surface area contributed by atoms with E-state index in [9.17, 15) is 4.79 Å². The second-order valence-corrected chi connectivity index (χ2v) is 7.54. The average molecular weight is 371 g/mol. The minimum Gasteiger partial charge on any atom is -0.479 e. The van der Waals surface area contributed by atoms with E-state index < -0.39 is 0 Å². The first-order chi connectivity index (χ1) is 10.7. The molecule has 0 aliphatic heterocycles. The van der Waals surface area contributed by atoms with Crippen LogP contribution in [0.1, 0.15) is 32.7 Å².